The van der Waals surface area contributed by atoms with Crippen molar-refractivity contribution in [1.29, 1.82) is 0 Å². The Hall–Kier alpha value is -0.553. The van der Waals surface area contributed by atoms with Crippen LogP contribution in [0.4, 0.5) is 0 Å². The van der Waals surface area contributed by atoms with Crippen molar-refractivity contribution in [3.63, 3.8) is 0 Å². The molecule has 0 aromatic rings. The standard InChI is InChI=1S/C9H19N3OSi.C6H10O/c1-7-5-8(11-12-10)9(6-7)13-14(2,3)4;1-4-2-5-6(3-4)7-5/h7-9H,5-6H2,1-4H3;4-6H,2-3H2,1H3/t7?,8-,9-;4?,5-,6+/m0./s1. The summed E-state index contributed by atoms with van der Waals surface area (Å²) < 4.78 is 11.2. The molecule has 3 fully saturated rings. The molecule has 0 spiro atoms. The number of azide groups is 1. The zero-order valence-electron chi connectivity index (χ0n) is 14.0. The molecule has 1 aliphatic heterocycles. The molecule has 1 saturated heterocycles. The minimum Gasteiger partial charge on any atom is -0.414 e. The molecule has 3 aliphatic rings. The fraction of sp³-hybridized carbons (Fsp3) is 1.00. The molecule has 5 nitrogen and oxygen atoms in total. The third kappa shape index (κ3) is 5.29. The minimum atomic E-state index is -1.51. The highest BCUT2D eigenvalue weighted by Crippen LogP contribution is 2.41. The van der Waals surface area contributed by atoms with Gasteiger partial charge < -0.3 is 9.16 Å². The van der Waals surface area contributed by atoms with Gasteiger partial charge in [0.2, 0.25) is 0 Å². The summed E-state index contributed by atoms with van der Waals surface area (Å²) in [6.07, 6.45) is 6.19. The zero-order valence-corrected chi connectivity index (χ0v) is 15.0. The fourth-order valence-corrected chi connectivity index (χ4v) is 4.63. The third-order valence-electron chi connectivity index (χ3n) is 4.37. The fourth-order valence-electron chi connectivity index (χ4n) is 3.47. The Balaban J connectivity index is 0.000000189. The predicted octanol–water partition coefficient (Wildman–Crippen LogP) is 4.50. The predicted molar refractivity (Wildman–Crippen MR) is 86.6 cm³/mol. The van der Waals surface area contributed by atoms with Crippen LogP contribution >= 0.6 is 0 Å². The first kappa shape index (κ1) is 16.8. The molecule has 0 amide bonds. The van der Waals surface area contributed by atoms with Crippen LogP contribution in [0.5, 0.6) is 0 Å². The van der Waals surface area contributed by atoms with Crippen LogP contribution < -0.4 is 0 Å². The van der Waals surface area contributed by atoms with E-state index >= 15 is 0 Å². The van der Waals surface area contributed by atoms with Crippen LogP contribution in [0.15, 0.2) is 5.11 Å². The van der Waals surface area contributed by atoms with Crippen LogP contribution in [-0.2, 0) is 9.16 Å². The van der Waals surface area contributed by atoms with Gasteiger partial charge in [-0.2, -0.15) is 0 Å². The van der Waals surface area contributed by atoms with E-state index in [0.29, 0.717) is 18.1 Å². The van der Waals surface area contributed by atoms with Gasteiger partial charge in [-0.05, 0) is 62.7 Å². The van der Waals surface area contributed by atoms with E-state index in [1.165, 1.54) is 12.8 Å². The topological polar surface area (TPSA) is 70.5 Å². The Labute approximate surface area is 129 Å². The van der Waals surface area contributed by atoms with Crippen molar-refractivity contribution in [2.45, 2.75) is 83.5 Å². The largest absolute Gasteiger partial charge is 0.414 e. The van der Waals surface area contributed by atoms with Crippen LogP contribution in [0, 0.1) is 11.8 Å². The van der Waals surface area contributed by atoms with Gasteiger partial charge in [0.25, 0.3) is 0 Å². The molecule has 1 heterocycles. The van der Waals surface area contributed by atoms with E-state index in [2.05, 4.69) is 43.5 Å². The van der Waals surface area contributed by atoms with Crippen LogP contribution in [0.2, 0.25) is 19.6 Å². The second kappa shape index (κ2) is 6.69. The number of rotatable bonds is 3. The Morgan fingerprint density at radius 1 is 1.05 bits per heavy atom. The van der Waals surface area contributed by atoms with Crippen molar-refractivity contribution < 1.29 is 9.16 Å². The number of hydrogen-bond acceptors (Lipinski definition) is 3. The second-order valence-corrected chi connectivity index (χ2v) is 12.4. The highest BCUT2D eigenvalue weighted by atomic mass is 28.4. The first-order chi connectivity index (χ1) is 9.78. The Kier molecular flexibility index (Phi) is 5.36. The molecular formula is C15H29N3O2Si. The number of epoxide rings is 1. The Morgan fingerprint density at radius 3 is 2.05 bits per heavy atom. The molecule has 0 aromatic carbocycles. The van der Waals surface area contributed by atoms with Crippen molar-refractivity contribution in [3.05, 3.63) is 10.4 Å². The normalized spacial score (nSPS) is 40.8. The van der Waals surface area contributed by atoms with Crippen LogP contribution in [-0.4, -0.2) is 32.7 Å². The van der Waals surface area contributed by atoms with E-state index in [1.54, 1.807) is 0 Å². The quantitative estimate of drug-likeness (QED) is 0.253. The monoisotopic (exact) mass is 311 g/mol. The summed E-state index contributed by atoms with van der Waals surface area (Å²) >= 11 is 0. The highest BCUT2D eigenvalue weighted by molar-refractivity contribution is 6.69. The van der Waals surface area contributed by atoms with Crippen molar-refractivity contribution in [1.82, 2.24) is 0 Å². The van der Waals surface area contributed by atoms with Gasteiger partial charge in [-0.3, -0.25) is 0 Å². The maximum Gasteiger partial charge on any atom is 0.184 e. The van der Waals surface area contributed by atoms with Crippen LogP contribution in [0.1, 0.15) is 39.5 Å². The smallest absolute Gasteiger partial charge is 0.184 e. The molecule has 6 heteroatoms. The SMILES string of the molecule is CC1C[C@@H]2O[C@@H]2C1.CC1C[C@H](N=[N+]=[N-])[C@@H](O[Si](C)(C)C)C1. The number of fused-ring (bicyclic) bond motifs is 1. The van der Waals surface area contributed by atoms with E-state index in [0.717, 1.165) is 18.8 Å². The van der Waals surface area contributed by atoms with Gasteiger partial charge in [-0.1, -0.05) is 19.0 Å². The summed E-state index contributed by atoms with van der Waals surface area (Å²) in [5.74, 6) is 1.57. The molecule has 3 rings (SSSR count). The molecule has 6 atom stereocenters. The number of hydrogen-bond donors (Lipinski definition) is 0. The lowest BCUT2D eigenvalue weighted by atomic mass is 10.1. The molecule has 2 aliphatic carbocycles. The van der Waals surface area contributed by atoms with Crippen molar-refractivity contribution >= 4 is 8.32 Å². The lowest BCUT2D eigenvalue weighted by molar-refractivity contribution is 0.181. The van der Waals surface area contributed by atoms with Gasteiger partial charge in [0.15, 0.2) is 8.32 Å². The lowest BCUT2D eigenvalue weighted by Crippen LogP contribution is -2.35. The van der Waals surface area contributed by atoms with Gasteiger partial charge >= 0.3 is 0 Å². The van der Waals surface area contributed by atoms with Gasteiger partial charge in [0.05, 0.1) is 24.4 Å². The third-order valence-corrected chi connectivity index (χ3v) is 5.38. The van der Waals surface area contributed by atoms with E-state index < -0.39 is 8.32 Å². The van der Waals surface area contributed by atoms with E-state index in [-0.39, 0.29) is 12.1 Å². The highest BCUT2D eigenvalue weighted by Gasteiger charge is 2.46. The van der Waals surface area contributed by atoms with Crippen LogP contribution in [0.25, 0.3) is 10.4 Å². The van der Waals surface area contributed by atoms with E-state index in [1.807, 2.05) is 0 Å². The molecule has 2 saturated carbocycles. The first-order valence-corrected chi connectivity index (χ1v) is 11.6. The maximum absolute atomic E-state index is 8.44. The van der Waals surface area contributed by atoms with Crippen molar-refractivity contribution in [2.75, 3.05) is 0 Å². The van der Waals surface area contributed by atoms with E-state index in [9.17, 15) is 0 Å². The molecule has 0 N–H and O–H groups in total. The van der Waals surface area contributed by atoms with Crippen molar-refractivity contribution in [3.8, 4) is 0 Å². The Morgan fingerprint density at radius 2 is 1.62 bits per heavy atom. The van der Waals surface area contributed by atoms with Crippen molar-refractivity contribution in [2.24, 2.45) is 17.0 Å². The minimum absolute atomic E-state index is 0.0572. The number of ether oxygens (including phenoxy) is 1. The Bertz CT molecular complexity index is 396. The first-order valence-electron chi connectivity index (χ1n) is 8.16. The summed E-state index contributed by atoms with van der Waals surface area (Å²) in [6, 6.07) is 0.0572. The van der Waals surface area contributed by atoms with Crippen LogP contribution in [0.3, 0.4) is 0 Å². The van der Waals surface area contributed by atoms with Gasteiger partial charge in [-0.15, -0.1) is 0 Å². The lowest BCUT2D eigenvalue weighted by Gasteiger charge is -2.25. The summed E-state index contributed by atoms with van der Waals surface area (Å²) in [7, 11) is -1.51. The van der Waals surface area contributed by atoms with Gasteiger partial charge in [0.1, 0.15) is 0 Å². The average molecular weight is 312 g/mol. The number of nitrogens with zero attached hydrogens (tertiary/aromatic N) is 3. The van der Waals surface area contributed by atoms with Gasteiger partial charge in [0, 0.05) is 4.91 Å². The summed E-state index contributed by atoms with van der Waals surface area (Å²) in [4.78, 5) is 2.89. The molecular weight excluding hydrogens is 282 g/mol. The summed E-state index contributed by atoms with van der Waals surface area (Å²) in [5.41, 5.74) is 8.44. The average Bonchev–Trinajstić information content (AvgIpc) is 2.79. The maximum atomic E-state index is 8.44. The summed E-state index contributed by atoms with van der Waals surface area (Å²) in [6.45, 7) is 11.0. The molecule has 120 valence electrons. The zero-order chi connectivity index (χ0) is 15.6. The molecule has 21 heavy (non-hydrogen) atoms. The van der Waals surface area contributed by atoms with Gasteiger partial charge in [-0.25, -0.2) is 0 Å². The second-order valence-electron chi connectivity index (χ2n) is 7.91. The molecule has 0 bridgehead atoms. The molecule has 2 unspecified atom stereocenters. The summed E-state index contributed by atoms with van der Waals surface area (Å²) in [5, 5.41) is 3.82. The molecule has 0 radical (unpaired) electrons. The van der Waals surface area contributed by atoms with E-state index in [4.69, 9.17) is 14.7 Å². The molecule has 0 aromatic heterocycles.